The fourth-order valence-corrected chi connectivity index (χ4v) is 6.20. The van der Waals surface area contributed by atoms with E-state index in [0.717, 1.165) is 5.56 Å². The van der Waals surface area contributed by atoms with Gasteiger partial charge in [0.1, 0.15) is 18.0 Å². The normalized spacial score (nSPS) is 28.5. The minimum absolute atomic E-state index is 0.114. The maximum absolute atomic E-state index is 13.0. The van der Waals surface area contributed by atoms with Crippen molar-refractivity contribution in [1.82, 2.24) is 10.2 Å². The molecule has 0 aliphatic carbocycles. The van der Waals surface area contributed by atoms with Crippen molar-refractivity contribution in [3.05, 3.63) is 35.9 Å². The Kier molecular flexibility index (Phi) is 6.04. The van der Waals surface area contributed by atoms with E-state index in [1.165, 1.54) is 16.7 Å². The van der Waals surface area contributed by atoms with Gasteiger partial charge < -0.3 is 20.1 Å². The van der Waals surface area contributed by atoms with Crippen molar-refractivity contribution in [2.75, 3.05) is 0 Å². The van der Waals surface area contributed by atoms with Gasteiger partial charge in [-0.25, -0.2) is 4.79 Å². The third kappa shape index (κ3) is 3.80. The zero-order valence-electron chi connectivity index (χ0n) is 16.7. The van der Waals surface area contributed by atoms with Crippen LogP contribution in [0.1, 0.15) is 33.3 Å². The Morgan fingerprint density at radius 2 is 1.93 bits per heavy atom. The third-order valence-electron chi connectivity index (χ3n) is 5.05. The average molecular weight is 485 g/mol. The Bertz CT molecular complexity index is 818. The number of thioether (sulfide) groups is 1. The second-order valence-corrected chi connectivity index (χ2v) is 11.2. The summed E-state index contributed by atoms with van der Waals surface area (Å²) in [4.78, 5) is 39.6. The molecule has 4 atom stereocenters. The van der Waals surface area contributed by atoms with Crippen LogP contribution in [-0.2, 0) is 25.7 Å². The molecule has 0 bridgehead atoms. The molecule has 2 fully saturated rings. The number of nitrogens with zero attached hydrogens (tertiary/aromatic N) is 1. The molecular formula is C20H25BrN2O5S. The van der Waals surface area contributed by atoms with Gasteiger partial charge in [-0.3, -0.25) is 9.59 Å². The van der Waals surface area contributed by atoms with E-state index in [4.69, 9.17) is 4.74 Å². The number of fused-ring (bicyclic) bond motifs is 1. The number of nitrogens with one attached hydrogen (secondary N) is 1. The van der Waals surface area contributed by atoms with E-state index < -0.39 is 44.4 Å². The lowest BCUT2D eigenvalue weighted by atomic mass is 9.87. The van der Waals surface area contributed by atoms with E-state index in [1.54, 1.807) is 13.8 Å². The number of halogens is 1. The Morgan fingerprint density at radius 1 is 1.31 bits per heavy atom. The highest BCUT2D eigenvalue weighted by molar-refractivity contribution is 9.10. The number of ether oxygens (including phenoxy) is 1. The summed E-state index contributed by atoms with van der Waals surface area (Å²) in [5, 5.41) is 12.6. The first-order valence-corrected chi connectivity index (χ1v) is 11.1. The number of esters is 1. The van der Waals surface area contributed by atoms with E-state index in [-0.39, 0.29) is 12.6 Å². The molecule has 29 heavy (non-hydrogen) atoms. The summed E-state index contributed by atoms with van der Waals surface area (Å²) >= 11 is 4.69. The number of amides is 2. The van der Waals surface area contributed by atoms with Crippen molar-refractivity contribution in [3.63, 3.8) is 0 Å². The summed E-state index contributed by atoms with van der Waals surface area (Å²) in [5.41, 5.74) is 0.853. The second-order valence-electron chi connectivity index (χ2n) is 8.12. The molecule has 0 aromatic heterocycles. The SMILES string of the molecule is CC(C)NC(=O)C(O)C1(Br)C(=O)N2[C@@H](C(=O)OCc3ccccc3)C(C)(C)S[C@@H]21. The molecule has 2 N–H and O–H groups in total. The van der Waals surface area contributed by atoms with Crippen LogP contribution in [0, 0.1) is 0 Å². The highest BCUT2D eigenvalue weighted by Gasteiger charge is 2.74. The Hall–Kier alpha value is -1.58. The highest BCUT2D eigenvalue weighted by atomic mass is 79.9. The van der Waals surface area contributed by atoms with Crippen LogP contribution in [0.4, 0.5) is 0 Å². The molecule has 2 heterocycles. The number of benzene rings is 1. The van der Waals surface area contributed by atoms with Crippen LogP contribution >= 0.6 is 27.7 Å². The topological polar surface area (TPSA) is 95.9 Å². The van der Waals surface area contributed by atoms with E-state index in [0.29, 0.717) is 0 Å². The first kappa shape index (κ1) is 22.1. The second kappa shape index (κ2) is 7.92. The molecular weight excluding hydrogens is 460 g/mol. The van der Waals surface area contributed by atoms with Crippen molar-refractivity contribution in [2.24, 2.45) is 0 Å². The van der Waals surface area contributed by atoms with Crippen molar-refractivity contribution in [2.45, 2.75) is 66.9 Å². The van der Waals surface area contributed by atoms with Gasteiger partial charge >= 0.3 is 5.97 Å². The fraction of sp³-hybridized carbons (Fsp3) is 0.550. The van der Waals surface area contributed by atoms with Gasteiger partial charge in [0.2, 0.25) is 5.91 Å². The number of carbonyl (C=O) groups is 3. The van der Waals surface area contributed by atoms with Crippen molar-refractivity contribution in [1.29, 1.82) is 0 Å². The van der Waals surface area contributed by atoms with Gasteiger partial charge in [0.25, 0.3) is 5.91 Å². The molecule has 2 aliphatic rings. The molecule has 2 unspecified atom stereocenters. The lowest BCUT2D eigenvalue weighted by molar-refractivity contribution is -0.169. The Balaban J connectivity index is 1.75. The maximum atomic E-state index is 13.0. The van der Waals surface area contributed by atoms with Gasteiger partial charge in [-0.05, 0) is 33.3 Å². The summed E-state index contributed by atoms with van der Waals surface area (Å²) in [7, 11) is 0. The Morgan fingerprint density at radius 3 is 2.52 bits per heavy atom. The van der Waals surface area contributed by atoms with Gasteiger partial charge in [-0.2, -0.15) is 0 Å². The quantitative estimate of drug-likeness (QED) is 0.363. The van der Waals surface area contributed by atoms with Crippen LogP contribution in [-0.4, -0.2) is 60.4 Å². The van der Waals surface area contributed by atoms with Crippen LogP contribution < -0.4 is 5.32 Å². The molecule has 3 rings (SSSR count). The number of hydrogen-bond acceptors (Lipinski definition) is 6. The molecule has 1 aromatic carbocycles. The fourth-order valence-electron chi connectivity index (χ4n) is 3.64. The van der Waals surface area contributed by atoms with E-state index >= 15 is 0 Å². The molecule has 0 radical (unpaired) electrons. The first-order valence-electron chi connectivity index (χ1n) is 9.38. The van der Waals surface area contributed by atoms with Crippen molar-refractivity contribution < 1.29 is 24.2 Å². The van der Waals surface area contributed by atoms with Crippen LogP contribution in [0.2, 0.25) is 0 Å². The van der Waals surface area contributed by atoms with Gasteiger partial charge in [-0.15, -0.1) is 11.8 Å². The number of rotatable bonds is 6. The number of carbonyl (C=O) groups excluding carboxylic acids is 3. The molecule has 2 aliphatic heterocycles. The summed E-state index contributed by atoms with van der Waals surface area (Å²) in [6.45, 7) is 7.36. The minimum atomic E-state index is -1.57. The van der Waals surface area contributed by atoms with E-state index in [2.05, 4.69) is 21.2 Å². The predicted molar refractivity (Wildman–Crippen MR) is 113 cm³/mol. The number of β-lactam (4-membered cyclic amide) rings is 1. The van der Waals surface area contributed by atoms with Crippen LogP contribution in [0.5, 0.6) is 0 Å². The highest BCUT2D eigenvalue weighted by Crippen LogP contribution is 2.59. The minimum Gasteiger partial charge on any atom is -0.459 e. The molecule has 7 nitrogen and oxygen atoms in total. The van der Waals surface area contributed by atoms with Crippen molar-refractivity contribution >= 4 is 45.5 Å². The molecule has 2 amide bonds. The van der Waals surface area contributed by atoms with Gasteiger partial charge in [0.05, 0.1) is 0 Å². The molecule has 9 heteroatoms. The smallest absolute Gasteiger partial charge is 0.330 e. The maximum Gasteiger partial charge on any atom is 0.330 e. The predicted octanol–water partition coefficient (Wildman–Crippen LogP) is 1.81. The monoisotopic (exact) mass is 484 g/mol. The van der Waals surface area contributed by atoms with E-state index in [1.807, 2.05) is 44.2 Å². The zero-order chi connectivity index (χ0) is 21.6. The summed E-state index contributed by atoms with van der Waals surface area (Å²) in [6, 6.07) is 8.32. The number of hydrogen-bond donors (Lipinski definition) is 2. The first-order chi connectivity index (χ1) is 13.5. The Labute approximate surface area is 182 Å². The van der Waals surface area contributed by atoms with Crippen LogP contribution in [0.15, 0.2) is 30.3 Å². The van der Waals surface area contributed by atoms with Gasteiger partial charge in [0, 0.05) is 10.8 Å². The number of aliphatic hydroxyl groups excluding tert-OH is 1. The van der Waals surface area contributed by atoms with Crippen molar-refractivity contribution in [3.8, 4) is 0 Å². The van der Waals surface area contributed by atoms with Gasteiger partial charge in [0.15, 0.2) is 10.4 Å². The molecule has 2 saturated heterocycles. The average Bonchev–Trinajstić information content (AvgIpc) is 2.94. The molecule has 1 aromatic rings. The standard InChI is InChI=1S/C20H25BrN2O5S/c1-11(2)22-15(25)14(24)20(21)17(27)23-13(19(3,4)29-18(20)23)16(26)28-10-12-8-6-5-7-9-12/h5-9,11,13-14,18,24H,10H2,1-4H3,(H,22,25)/t13-,14?,18+,20?/m0/s1. The third-order valence-corrected chi connectivity index (χ3v) is 8.21. The summed E-state index contributed by atoms with van der Waals surface area (Å²) in [5.74, 6) is -1.62. The zero-order valence-corrected chi connectivity index (χ0v) is 19.1. The van der Waals surface area contributed by atoms with E-state index in [9.17, 15) is 19.5 Å². The van der Waals surface area contributed by atoms with Crippen LogP contribution in [0.3, 0.4) is 0 Å². The summed E-state index contributed by atoms with van der Waals surface area (Å²) < 4.78 is 3.36. The number of aliphatic hydroxyl groups is 1. The lowest BCUT2D eigenvalue weighted by Crippen LogP contribution is -2.76. The van der Waals surface area contributed by atoms with Gasteiger partial charge in [-0.1, -0.05) is 46.3 Å². The molecule has 158 valence electrons. The molecule has 0 saturated carbocycles. The summed E-state index contributed by atoms with van der Waals surface area (Å²) in [6.07, 6.45) is -1.57. The molecule has 0 spiro atoms. The largest absolute Gasteiger partial charge is 0.459 e. The lowest BCUT2D eigenvalue weighted by Gasteiger charge is -2.51. The van der Waals surface area contributed by atoms with Crippen LogP contribution in [0.25, 0.3) is 0 Å². The number of alkyl halides is 1.